The predicted molar refractivity (Wildman–Crippen MR) is 176 cm³/mol. The maximum absolute atomic E-state index is 14.5. The molecule has 3 aromatic heterocycles. The molecule has 2 aliphatic carbocycles. The second-order valence-electron chi connectivity index (χ2n) is 13.4. The van der Waals surface area contributed by atoms with E-state index >= 15 is 0 Å². The minimum Gasteiger partial charge on any atom is -0.471 e. The number of anilines is 2. The van der Waals surface area contributed by atoms with Crippen LogP contribution in [0.15, 0.2) is 16.1 Å². The van der Waals surface area contributed by atoms with Gasteiger partial charge in [0, 0.05) is 60.5 Å². The van der Waals surface area contributed by atoms with Gasteiger partial charge < -0.3 is 31.4 Å². The number of nitrogens with two attached hydrogens (primary N) is 3. The molecule has 5 atom stereocenters. The quantitative estimate of drug-likeness (QED) is 0.320. The second-order valence-corrected chi connectivity index (χ2v) is 14.5. The van der Waals surface area contributed by atoms with Gasteiger partial charge in [0.25, 0.3) is 0 Å². The van der Waals surface area contributed by atoms with Crippen LogP contribution in [0.1, 0.15) is 79.0 Å². The van der Waals surface area contributed by atoms with Gasteiger partial charge in [0.2, 0.25) is 17.5 Å². The molecule has 0 radical (unpaired) electrons. The van der Waals surface area contributed by atoms with Crippen LogP contribution >= 0.6 is 11.3 Å². The first-order valence-electron chi connectivity index (χ1n) is 16.2. The highest BCUT2D eigenvalue weighted by atomic mass is 32.1. The van der Waals surface area contributed by atoms with Gasteiger partial charge in [-0.05, 0) is 65.3 Å². The lowest BCUT2D eigenvalue weighted by Crippen LogP contribution is -2.41. The van der Waals surface area contributed by atoms with E-state index in [4.69, 9.17) is 41.4 Å². The SMILES string of the molecule is CO[C@H]1C[C@@H]([C@H](C)Oc2nc(C(=O)C3=C(N)[C@@]4(CCC3)CCCc3sc(N)c(N)c34)nc3c2n(C)c(=O)n3C2CCOC2)N(C)C1. The van der Waals surface area contributed by atoms with Crippen molar-refractivity contribution in [1.29, 1.82) is 0 Å². The van der Waals surface area contributed by atoms with Crippen molar-refractivity contribution in [2.45, 2.75) is 88.0 Å². The molecule has 5 heterocycles. The van der Waals surface area contributed by atoms with Crippen LogP contribution in [0.25, 0.3) is 11.2 Å². The number of aryl methyl sites for hydroxylation is 2. The number of hydrogen-bond donors (Lipinski definition) is 3. The maximum atomic E-state index is 14.5. The molecular formula is C32H44N8O5S. The number of methoxy groups -OCH3 is 1. The second kappa shape index (κ2) is 11.7. The van der Waals surface area contributed by atoms with Crippen LogP contribution < -0.4 is 27.6 Å². The number of ether oxygens (including phenoxy) is 3. The van der Waals surface area contributed by atoms with Gasteiger partial charge >= 0.3 is 5.69 Å². The van der Waals surface area contributed by atoms with Crippen molar-refractivity contribution in [3.63, 3.8) is 0 Å². The molecule has 2 aliphatic heterocycles. The molecule has 46 heavy (non-hydrogen) atoms. The number of allylic oxidation sites excluding steroid dienone is 2. The number of fused-ring (bicyclic) bond motifs is 3. The number of likely N-dealkylation sites (tertiary alicyclic amines) is 1. The molecule has 248 valence electrons. The third-order valence-corrected chi connectivity index (χ3v) is 11.9. The van der Waals surface area contributed by atoms with E-state index in [9.17, 15) is 9.59 Å². The fraction of sp³-hybridized carbons (Fsp3) is 0.625. The highest BCUT2D eigenvalue weighted by Crippen LogP contribution is 2.54. The summed E-state index contributed by atoms with van der Waals surface area (Å²) >= 11 is 1.52. The Balaban J connectivity index is 1.35. The first-order chi connectivity index (χ1) is 22.1. The molecule has 1 unspecified atom stereocenters. The number of imidazole rings is 1. The lowest BCUT2D eigenvalue weighted by atomic mass is 9.63. The van der Waals surface area contributed by atoms with Crippen LogP contribution in [-0.2, 0) is 28.4 Å². The van der Waals surface area contributed by atoms with Gasteiger partial charge in [0.05, 0.1) is 24.4 Å². The molecule has 14 heteroatoms. The van der Waals surface area contributed by atoms with Gasteiger partial charge in [-0.15, -0.1) is 11.3 Å². The fourth-order valence-electron chi connectivity index (χ4n) is 8.33. The number of rotatable bonds is 7. The fourth-order valence-corrected chi connectivity index (χ4v) is 9.46. The van der Waals surface area contributed by atoms with E-state index in [2.05, 4.69) is 4.90 Å². The molecule has 6 N–H and O–H groups in total. The van der Waals surface area contributed by atoms with E-state index in [0.717, 1.165) is 55.5 Å². The maximum Gasteiger partial charge on any atom is 0.330 e. The van der Waals surface area contributed by atoms with Gasteiger partial charge in [0.1, 0.15) is 11.1 Å². The third-order valence-electron chi connectivity index (χ3n) is 10.8. The highest BCUT2D eigenvalue weighted by molar-refractivity contribution is 7.16. The summed E-state index contributed by atoms with van der Waals surface area (Å²) in [5.41, 5.74) is 22.5. The molecule has 1 spiro atoms. The first kappa shape index (κ1) is 31.2. The van der Waals surface area contributed by atoms with E-state index in [0.29, 0.717) is 59.2 Å². The standard InChI is InChI=1S/C32H44N8O5S/c1-16(20-13-18(43-4)14-38(20)2)45-30-24-29(40(31(42)39(24)3)17-9-12-44-15-17)36-28(37-30)25(41)19-7-5-10-32(26(19)34)11-6-8-21-22(32)23(33)27(35)46-21/h16-18,20H,5-15,33-35H2,1-4H3/t16-,17?,18-,20-,32-/m0/s1. The molecule has 2 fully saturated rings. The number of hydrogen-bond acceptors (Lipinski definition) is 12. The van der Waals surface area contributed by atoms with E-state index < -0.39 is 5.41 Å². The van der Waals surface area contributed by atoms with Crippen LogP contribution in [0, 0.1) is 0 Å². The van der Waals surface area contributed by atoms with Crippen LogP contribution in [0.4, 0.5) is 10.7 Å². The Labute approximate surface area is 271 Å². The van der Waals surface area contributed by atoms with Crippen molar-refractivity contribution in [3.05, 3.63) is 38.0 Å². The number of Topliss-reactive ketones (excluding diaryl/α,β-unsaturated/α-hetero) is 1. The van der Waals surface area contributed by atoms with E-state index in [1.807, 2.05) is 14.0 Å². The van der Waals surface area contributed by atoms with Crippen LogP contribution in [0.3, 0.4) is 0 Å². The summed E-state index contributed by atoms with van der Waals surface area (Å²) in [5.74, 6) is -0.189. The lowest BCUT2D eigenvalue weighted by Gasteiger charge is -2.42. The number of ketones is 1. The molecular weight excluding hydrogens is 608 g/mol. The van der Waals surface area contributed by atoms with Gasteiger partial charge in [-0.2, -0.15) is 4.98 Å². The number of aromatic nitrogens is 4. The van der Waals surface area contributed by atoms with Gasteiger partial charge in [-0.1, -0.05) is 0 Å². The molecule has 4 aliphatic rings. The number of nitrogen functional groups attached to an aromatic ring is 2. The van der Waals surface area contributed by atoms with Crippen LogP contribution in [0.2, 0.25) is 0 Å². The van der Waals surface area contributed by atoms with Crippen molar-refractivity contribution in [2.75, 3.05) is 45.4 Å². The smallest absolute Gasteiger partial charge is 0.330 e. The minimum absolute atomic E-state index is 0.0358. The normalized spacial score (nSPS) is 27.5. The number of thiophene rings is 1. The molecule has 2 saturated heterocycles. The average Bonchev–Trinajstić information content (AvgIpc) is 3.81. The average molecular weight is 653 g/mol. The number of carbonyl (C=O) groups excluding carboxylic acids is 1. The lowest BCUT2D eigenvalue weighted by molar-refractivity contribution is 0.0999. The van der Waals surface area contributed by atoms with Gasteiger partial charge in [0.15, 0.2) is 11.2 Å². The summed E-state index contributed by atoms with van der Waals surface area (Å²) in [6.07, 6.45) is 5.94. The van der Waals surface area contributed by atoms with Crippen molar-refractivity contribution < 1.29 is 19.0 Å². The number of carbonyl (C=O) groups is 1. The zero-order valence-electron chi connectivity index (χ0n) is 27.0. The van der Waals surface area contributed by atoms with E-state index in [-0.39, 0.29) is 47.5 Å². The largest absolute Gasteiger partial charge is 0.471 e. The highest BCUT2D eigenvalue weighted by Gasteiger charge is 2.46. The zero-order valence-corrected chi connectivity index (χ0v) is 27.8. The molecule has 0 bridgehead atoms. The Morgan fingerprint density at radius 1 is 1.15 bits per heavy atom. The van der Waals surface area contributed by atoms with Crippen molar-refractivity contribution in [2.24, 2.45) is 12.8 Å². The monoisotopic (exact) mass is 652 g/mol. The van der Waals surface area contributed by atoms with Crippen molar-refractivity contribution in [3.8, 4) is 5.88 Å². The van der Waals surface area contributed by atoms with Crippen molar-refractivity contribution in [1.82, 2.24) is 24.0 Å². The zero-order chi connectivity index (χ0) is 32.5. The Morgan fingerprint density at radius 3 is 2.61 bits per heavy atom. The Morgan fingerprint density at radius 2 is 1.91 bits per heavy atom. The Bertz CT molecular complexity index is 1790. The van der Waals surface area contributed by atoms with E-state index in [1.54, 1.807) is 18.7 Å². The molecule has 3 aromatic rings. The summed E-state index contributed by atoms with van der Waals surface area (Å²) in [6, 6.07) is -0.158. The minimum atomic E-state index is -0.548. The van der Waals surface area contributed by atoms with Crippen LogP contribution in [-0.4, -0.2) is 82.0 Å². The van der Waals surface area contributed by atoms with Crippen molar-refractivity contribution >= 4 is 39.0 Å². The summed E-state index contributed by atoms with van der Waals surface area (Å²) in [6.45, 7) is 3.70. The third kappa shape index (κ3) is 4.75. The summed E-state index contributed by atoms with van der Waals surface area (Å²) < 4.78 is 21.0. The van der Waals surface area contributed by atoms with Gasteiger partial charge in [-0.25, -0.2) is 9.78 Å². The first-order valence-corrected chi connectivity index (χ1v) is 17.0. The molecule has 0 saturated carbocycles. The summed E-state index contributed by atoms with van der Waals surface area (Å²) in [5, 5.41) is 0.602. The molecule has 0 aromatic carbocycles. The Hall–Kier alpha value is -3.46. The number of nitrogens with zero attached hydrogens (tertiary/aromatic N) is 5. The molecule has 13 nitrogen and oxygen atoms in total. The summed E-state index contributed by atoms with van der Waals surface area (Å²) in [4.78, 5) is 41.1. The van der Waals surface area contributed by atoms with Crippen LogP contribution in [0.5, 0.6) is 5.88 Å². The summed E-state index contributed by atoms with van der Waals surface area (Å²) in [7, 11) is 5.44. The molecule has 0 amide bonds. The number of likely N-dealkylation sites (N-methyl/N-ethyl adjacent to an activating group) is 1. The van der Waals surface area contributed by atoms with Gasteiger partial charge in [-0.3, -0.25) is 18.8 Å². The predicted octanol–water partition coefficient (Wildman–Crippen LogP) is 2.66. The Kier molecular flexibility index (Phi) is 7.89. The van der Waals surface area contributed by atoms with E-state index in [1.165, 1.54) is 15.9 Å². The molecule has 7 rings (SSSR count). The topological polar surface area (TPSA) is 179 Å².